The van der Waals surface area contributed by atoms with Gasteiger partial charge in [-0.25, -0.2) is 4.98 Å². The molecule has 0 saturated heterocycles. The molecule has 0 radical (unpaired) electrons. The fourth-order valence-electron chi connectivity index (χ4n) is 2.24. The van der Waals surface area contributed by atoms with Gasteiger partial charge in [-0.05, 0) is 23.3 Å². The van der Waals surface area contributed by atoms with Gasteiger partial charge >= 0.3 is 0 Å². The highest BCUT2D eigenvalue weighted by Crippen LogP contribution is 2.26. The number of nitrogens with two attached hydrogens (primary N) is 1. The lowest BCUT2D eigenvalue weighted by Crippen LogP contribution is -1.96. The number of para-hydroxylation sites is 1. The molecule has 1 aromatic heterocycles. The molecule has 0 fully saturated rings. The van der Waals surface area contributed by atoms with Gasteiger partial charge in [-0.15, -0.1) is 0 Å². The van der Waals surface area contributed by atoms with Crippen LogP contribution >= 0.6 is 0 Å². The van der Waals surface area contributed by atoms with E-state index in [1.807, 2.05) is 54.6 Å². The molecule has 0 aliphatic heterocycles. The molecule has 0 amide bonds. The summed E-state index contributed by atoms with van der Waals surface area (Å²) in [6, 6.07) is 19.9. The van der Waals surface area contributed by atoms with Crippen LogP contribution in [0.5, 0.6) is 0 Å². The van der Waals surface area contributed by atoms with Crippen molar-refractivity contribution in [1.82, 2.24) is 4.98 Å². The average molecular weight is 259 g/mol. The molecular weight excluding hydrogens is 246 g/mol. The lowest BCUT2D eigenvalue weighted by Gasteiger charge is -2.07. The van der Waals surface area contributed by atoms with Crippen molar-refractivity contribution >= 4 is 10.9 Å². The standard InChI is InChI=1S/C17H13N3/c18-10-12-5-7-13(8-6-12)15-9-14-3-1-2-4-16(14)20-17(15)11-19/h1-9H,10,18H2. The Morgan fingerprint density at radius 3 is 2.50 bits per heavy atom. The predicted molar refractivity (Wildman–Crippen MR) is 79.8 cm³/mol. The lowest BCUT2D eigenvalue weighted by atomic mass is 10.0. The number of hydrogen-bond acceptors (Lipinski definition) is 3. The first kappa shape index (κ1) is 12.3. The van der Waals surface area contributed by atoms with Crippen molar-refractivity contribution in [1.29, 1.82) is 5.26 Å². The minimum atomic E-state index is 0.448. The highest BCUT2D eigenvalue weighted by Gasteiger charge is 2.08. The fraction of sp³-hybridized carbons (Fsp3) is 0.0588. The summed E-state index contributed by atoms with van der Waals surface area (Å²) in [6.07, 6.45) is 0. The Hall–Kier alpha value is -2.70. The number of fused-ring (bicyclic) bond motifs is 1. The summed E-state index contributed by atoms with van der Waals surface area (Å²) in [6.45, 7) is 0.515. The predicted octanol–water partition coefficient (Wildman–Crippen LogP) is 3.23. The number of nitriles is 1. The van der Waals surface area contributed by atoms with Crippen LogP contribution in [0, 0.1) is 11.3 Å². The Labute approximate surface area is 117 Å². The second kappa shape index (κ2) is 5.12. The van der Waals surface area contributed by atoms with Gasteiger partial charge in [0.15, 0.2) is 0 Å². The van der Waals surface area contributed by atoms with Crippen molar-refractivity contribution in [2.24, 2.45) is 5.73 Å². The minimum absolute atomic E-state index is 0.448. The molecule has 0 aliphatic rings. The normalized spacial score (nSPS) is 10.4. The number of hydrogen-bond donors (Lipinski definition) is 1. The maximum absolute atomic E-state index is 9.31. The third-order valence-electron chi connectivity index (χ3n) is 3.33. The number of rotatable bonds is 2. The van der Waals surface area contributed by atoms with E-state index in [1.54, 1.807) is 0 Å². The van der Waals surface area contributed by atoms with Gasteiger partial charge in [0.25, 0.3) is 0 Å². The summed E-state index contributed by atoms with van der Waals surface area (Å²) < 4.78 is 0. The van der Waals surface area contributed by atoms with E-state index >= 15 is 0 Å². The number of benzene rings is 2. The van der Waals surface area contributed by atoms with Crippen LogP contribution in [0.1, 0.15) is 11.3 Å². The average Bonchev–Trinajstić information content (AvgIpc) is 2.53. The van der Waals surface area contributed by atoms with E-state index in [9.17, 15) is 5.26 Å². The van der Waals surface area contributed by atoms with Crippen LogP contribution in [0.2, 0.25) is 0 Å². The van der Waals surface area contributed by atoms with Crippen LogP contribution in [0.25, 0.3) is 22.0 Å². The van der Waals surface area contributed by atoms with Crippen LogP contribution in [0.3, 0.4) is 0 Å². The Morgan fingerprint density at radius 1 is 1.05 bits per heavy atom. The number of nitrogens with zero attached hydrogens (tertiary/aromatic N) is 2. The molecule has 2 N–H and O–H groups in total. The smallest absolute Gasteiger partial charge is 0.149 e. The van der Waals surface area contributed by atoms with Crippen LogP contribution in [0.4, 0.5) is 0 Å². The molecule has 0 bridgehead atoms. The second-order valence-electron chi connectivity index (χ2n) is 4.59. The van der Waals surface area contributed by atoms with Crippen molar-refractivity contribution in [3.05, 3.63) is 65.9 Å². The minimum Gasteiger partial charge on any atom is -0.326 e. The number of pyridine rings is 1. The van der Waals surface area contributed by atoms with Crippen molar-refractivity contribution in [3.63, 3.8) is 0 Å². The molecule has 0 unspecified atom stereocenters. The first-order chi connectivity index (χ1) is 9.81. The van der Waals surface area contributed by atoms with Crippen molar-refractivity contribution in [2.45, 2.75) is 6.54 Å². The summed E-state index contributed by atoms with van der Waals surface area (Å²) in [4.78, 5) is 4.43. The summed E-state index contributed by atoms with van der Waals surface area (Å²) in [5.41, 5.74) is 9.80. The Kier molecular flexibility index (Phi) is 3.16. The molecule has 3 nitrogen and oxygen atoms in total. The Morgan fingerprint density at radius 2 is 1.80 bits per heavy atom. The molecule has 3 heteroatoms. The molecule has 0 aliphatic carbocycles. The maximum atomic E-state index is 9.31. The summed E-state index contributed by atoms with van der Waals surface area (Å²) >= 11 is 0. The van der Waals surface area contributed by atoms with E-state index < -0.39 is 0 Å². The number of aromatic nitrogens is 1. The highest BCUT2D eigenvalue weighted by atomic mass is 14.7. The Bertz CT molecular complexity index is 799. The first-order valence-electron chi connectivity index (χ1n) is 6.41. The monoisotopic (exact) mass is 259 g/mol. The quantitative estimate of drug-likeness (QED) is 0.768. The summed E-state index contributed by atoms with van der Waals surface area (Å²) in [5.74, 6) is 0. The zero-order valence-corrected chi connectivity index (χ0v) is 10.9. The maximum Gasteiger partial charge on any atom is 0.149 e. The topological polar surface area (TPSA) is 62.7 Å². The van der Waals surface area contributed by atoms with Crippen molar-refractivity contribution in [2.75, 3.05) is 0 Å². The zero-order chi connectivity index (χ0) is 13.9. The van der Waals surface area contributed by atoms with Gasteiger partial charge in [0.2, 0.25) is 0 Å². The molecule has 0 atom stereocenters. The van der Waals surface area contributed by atoms with E-state index in [0.29, 0.717) is 12.2 Å². The van der Waals surface area contributed by atoms with Gasteiger partial charge < -0.3 is 5.73 Å². The van der Waals surface area contributed by atoms with Crippen LogP contribution in [0.15, 0.2) is 54.6 Å². The summed E-state index contributed by atoms with van der Waals surface area (Å²) in [5, 5.41) is 10.3. The highest BCUT2D eigenvalue weighted by molar-refractivity contribution is 5.86. The molecule has 1 heterocycles. The third-order valence-corrected chi connectivity index (χ3v) is 3.33. The van der Waals surface area contributed by atoms with Crippen molar-refractivity contribution in [3.8, 4) is 17.2 Å². The van der Waals surface area contributed by atoms with Gasteiger partial charge in [0.05, 0.1) is 5.52 Å². The van der Waals surface area contributed by atoms with Gasteiger partial charge in [-0.2, -0.15) is 5.26 Å². The van der Waals surface area contributed by atoms with Crippen LogP contribution in [-0.2, 0) is 6.54 Å². The first-order valence-corrected chi connectivity index (χ1v) is 6.41. The molecule has 0 spiro atoms. The van der Waals surface area contributed by atoms with Gasteiger partial charge in [0, 0.05) is 17.5 Å². The molecular formula is C17H13N3. The van der Waals surface area contributed by atoms with Gasteiger partial charge in [0.1, 0.15) is 11.8 Å². The molecule has 20 heavy (non-hydrogen) atoms. The largest absolute Gasteiger partial charge is 0.326 e. The van der Waals surface area contributed by atoms with E-state index in [0.717, 1.165) is 27.6 Å². The van der Waals surface area contributed by atoms with Gasteiger partial charge in [-0.1, -0.05) is 42.5 Å². The van der Waals surface area contributed by atoms with E-state index in [2.05, 4.69) is 11.1 Å². The molecule has 96 valence electrons. The molecule has 3 rings (SSSR count). The van der Waals surface area contributed by atoms with Crippen LogP contribution < -0.4 is 5.73 Å². The Balaban J connectivity index is 2.20. The van der Waals surface area contributed by atoms with Crippen molar-refractivity contribution < 1.29 is 0 Å². The second-order valence-corrected chi connectivity index (χ2v) is 4.59. The lowest BCUT2D eigenvalue weighted by molar-refractivity contribution is 1.07. The van der Waals surface area contributed by atoms with Crippen LogP contribution in [-0.4, -0.2) is 4.98 Å². The molecule has 3 aromatic rings. The summed E-state index contributed by atoms with van der Waals surface area (Å²) in [7, 11) is 0. The van der Waals surface area contributed by atoms with Gasteiger partial charge in [-0.3, -0.25) is 0 Å². The van der Waals surface area contributed by atoms with E-state index in [4.69, 9.17) is 5.73 Å². The zero-order valence-electron chi connectivity index (χ0n) is 10.9. The third kappa shape index (κ3) is 2.13. The van der Waals surface area contributed by atoms with E-state index in [-0.39, 0.29) is 0 Å². The SMILES string of the molecule is N#Cc1nc2ccccc2cc1-c1ccc(CN)cc1. The molecule has 2 aromatic carbocycles. The fourth-order valence-corrected chi connectivity index (χ4v) is 2.24. The molecule has 0 saturated carbocycles. The van der Waals surface area contributed by atoms with E-state index in [1.165, 1.54) is 0 Å².